The van der Waals surface area contributed by atoms with E-state index in [0.29, 0.717) is 5.88 Å². The van der Waals surface area contributed by atoms with E-state index in [2.05, 4.69) is 36.1 Å². The number of rotatable bonds is 5. The molecular formula is C16H22N4O. The van der Waals surface area contributed by atoms with Crippen LogP contribution in [-0.2, 0) is 0 Å². The van der Waals surface area contributed by atoms with Gasteiger partial charge < -0.3 is 10.1 Å². The molecule has 2 heterocycles. The standard InChI is InChI=1S/C16H22N4O/c1-6-17-16-11(4)14(19-15(20-16)10(2)3)12-7-8-13(21-5)18-9-12/h7-10H,6H2,1-5H3,(H,17,19,20). The van der Waals surface area contributed by atoms with Crippen molar-refractivity contribution in [1.82, 2.24) is 15.0 Å². The van der Waals surface area contributed by atoms with Crippen LogP contribution in [-0.4, -0.2) is 28.6 Å². The molecule has 2 rings (SSSR count). The number of nitrogens with zero attached hydrogens (tertiary/aromatic N) is 3. The number of hydrogen-bond donors (Lipinski definition) is 1. The molecule has 2 aromatic rings. The third kappa shape index (κ3) is 3.29. The minimum Gasteiger partial charge on any atom is -0.481 e. The third-order valence-electron chi connectivity index (χ3n) is 3.24. The van der Waals surface area contributed by atoms with Gasteiger partial charge in [0.15, 0.2) is 0 Å². The fourth-order valence-corrected chi connectivity index (χ4v) is 2.05. The lowest BCUT2D eigenvalue weighted by molar-refractivity contribution is 0.398. The summed E-state index contributed by atoms with van der Waals surface area (Å²) in [5.41, 5.74) is 2.92. The molecule has 1 N–H and O–H groups in total. The van der Waals surface area contributed by atoms with E-state index in [4.69, 9.17) is 9.72 Å². The van der Waals surface area contributed by atoms with Gasteiger partial charge in [-0.2, -0.15) is 0 Å². The van der Waals surface area contributed by atoms with Crippen molar-refractivity contribution in [3.63, 3.8) is 0 Å². The number of ether oxygens (including phenoxy) is 1. The second-order valence-corrected chi connectivity index (χ2v) is 5.18. The van der Waals surface area contributed by atoms with E-state index in [1.165, 1.54) is 0 Å². The molecule has 0 atom stereocenters. The average Bonchev–Trinajstić information content (AvgIpc) is 2.49. The van der Waals surface area contributed by atoms with Gasteiger partial charge in [0.25, 0.3) is 0 Å². The average molecular weight is 286 g/mol. The normalized spacial score (nSPS) is 10.8. The van der Waals surface area contributed by atoms with Gasteiger partial charge in [-0.05, 0) is 19.9 Å². The topological polar surface area (TPSA) is 59.9 Å². The summed E-state index contributed by atoms with van der Waals surface area (Å²) < 4.78 is 5.10. The number of anilines is 1. The molecule has 0 aromatic carbocycles. The van der Waals surface area contributed by atoms with Gasteiger partial charge >= 0.3 is 0 Å². The first-order valence-electron chi connectivity index (χ1n) is 7.19. The third-order valence-corrected chi connectivity index (χ3v) is 3.24. The SMILES string of the molecule is CCNc1nc(C(C)C)nc(-c2ccc(OC)nc2)c1C. The van der Waals surface area contributed by atoms with Gasteiger partial charge in [-0.15, -0.1) is 0 Å². The van der Waals surface area contributed by atoms with Crippen LogP contribution < -0.4 is 10.1 Å². The zero-order valence-corrected chi connectivity index (χ0v) is 13.3. The molecule has 0 spiro atoms. The van der Waals surface area contributed by atoms with Crippen molar-refractivity contribution < 1.29 is 4.74 Å². The Balaban J connectivity index is 2.54. The van der Waals surface area contributed by atoms with Gasteiger partial charge in [0.1, 0.15) is 11.6 Å². The number of nitrogens with one attached hydrogen (secondary N) is 1. The number of hydrogen-bond acceptors (Lipinski definition) is 5. The molecule has 0 saturated carbocycles. The predicted octanol–water partition coefficient (Wildman–Crippen LogP) is 3.41. The highest BCUT2D eigenvalue weighted by Gasteiger charge is 2.14. The van der Waals surface area contributed by atoms with Crippen molar-refractivity contribution >= 4 is 5.82 Å². The number of methoxy groups -OCH3 is 1. The van der Waals surface area contributed by atoms with Crippen LogP contribution in [0.25, 0.3) is 11.3 Å². The first-order valence-corrected chi connectivity index (χ1v) is 7.19. The maximum absolute atomic E-state index is 5.10. The van der Waals surface area contributed by atoms with Crippen molar-refractivity contribution in [2.24, 2.45) is 0 Å². The Morgan fingerprint density at radius 2 is 2.00 bits per heavy atom. The smallest absolute Gasteiger partial charge is 0.212 e. The Morgan fingerprint density at radius 3 is 2.52 bits per heavy atom. The molecule has 5 heteroatoms. The Hall–Kier alpha value is -2.17. The van der Waals surface area contributed by atoms with E-state index in [-0.39, 0.29) is 5.92 Å². The highest BCUT2D eigenvalue weighted by molar-refractivity contribution is 5.67. The molecule has 0 amide bonds. The molecule has 5 nitrogen and oxygen atoms in total. The monoisotopic (exact) mass is 286 g/mol. The maximum atomic E-state index is 5.10. The van der Waals surface area contributed by atoms with E-state index in [1.807, 2.05) is 19.1 Å². The van der Waals surface area contributed by atoms with Gasteiger partial charge in [0, 0.05) is 35.9 Å². The van der Waals surface area contributed by atoms with E-state index in [0.717, 1.165) is 35.0 Å². The largest absolute Gasteiger partial charge is 0.481 e. The van der Waals surface area contributed by atoms with Crippen molar-refractivity contribution in [1.29, 1.82) is 0 Å². The van der Waals surface area contributed by atoms with Crippen LogP contribution in [0.5, 0.6) is 5.88 Å². The van der Waals surface area contributed by atoms with Crippen LogP contribution >= 0.6 is 0 Å². The Labute approximate surface area is 125 Å². The quantitative estimate of drug-likeness (QED) is 0.912. The predicted molar refractivity (Wildman–Crippen MR) is 84.8 cm³/mol. The summed E-state index contributed by atoms with van der Waals surface area (Å²) >= 11 is 0. The first kappa shape index (κ1) is 15.2. The van der Waals surface area contributed by atoms with Gasteiger partial charge in [0.05, 0.1) is 12.8 Å². The van der Waals surface area contributed by atoms with Crippen molar-refractivity contribution in [2.45, 2.75) is 33.6 Å². The fourth-order valence-electron chi connectivity index (χ4n) is 2.05. The Morgan fingerprint density at radius 1 is 1.24 bits per heavy atom. The molecule has 0 radical (unpaired) electrons. The van der Waals surface area contributed by atoms with Gasteiger partial charge in [-0.1, -0.05) is 13.8 Å². The minimum absolute atomic E-state index is 0.271. The van der Waals surface area contributed by atoms with Crippen molar-refractivity contribution in [2.75, 3.05) is 19.0 Å². The molecule has 0 fully saturated rings. The highest BCUT2D eigenvalue weighted by Crippen LogP contribution is 2.28. The molecule has 0 saturated heterocycles. The fraction of sp³-hybridized carbons (Fsp3) is 0.438. The van der Waals surface area contributed by atoms with Crippen molar-refractivity contribution in [3.8, 4) is 17.1 Å². The Bertz CT molecular complexity index is 608. The molecule has 2 aromatic heterocycles. The molecule has 0 aliphatic heterocycles. The van der Waals surface area contributed by atoms with Crippen LogP contribution in [0.1, 0.15) is 38.1 Å². The second-order valence-electron chi connectivity index (χ2n) is 5.18. The molecule has 21 heavy (non-hydrogen) atoms. The van der Waals surface area contributed by atoms with Crippen LogP contribution in [0.15, 0.2) is 18.3 Å². The van der Waals surface area contributed by atoms with Crippen molar-refractivity contribution in [3.05, 3.63) is 29.7 Å². The molecule has 112 valence electrons. The first-order chi connectivity index (χ1) is 10.1. The summed E-state index contributed by atoms with van der Waals surface area (Å²) in [4.78, 5) is 13.6. The Kier molecular flexibility index (Phi) is 4.73. The van der Waals surface area contributed by atoms with Gasteiger partial charge in [-0.25, -0.2) is 15.0 Å². The lowest BCUT2D eigenvalue weighted by Crippen LogP contribution is -2.09. The zero-order chi connectivity index (χ0) is 15.4. The summed E-state index contributed by atoms with van der Waals surface area (Å²) in [7, 11) is 1.61. The number of aromatic nitrogens is 3. The van der Waals surface area contributed by atoms with E-state index in [9.17, 15) is 0 Å². The van der Waals surface area contributed by atoms with Gasteiger partial charge in [0.2, 0.25) is 5.88 Å². The summed E-state index contributed by atoms with van der Waals surface area (Å²) in [6, 6.07) is 3.82. The molecule has 0 unspecified atom stereocenters. The highest BCUT2D eigenvalue weighted by atomic mass is 16.5. The summed E-state index contributed by atoms with van der Waals surface area (Å²) in [6.07, 6.45) is 1.79. The van der Waals surface area contributed by atoms with E-state index in [1.54, 1.807) is 13.3 Å². The molecule has 0 aliphatic carbocycles. The van der Waals surface area contributed by atoms with E-state index < -0.39 is 0 Å². The second kappa shape index (κ2) is 6.52. The van der Waals surface area contributed by atoms with Crippen LogP contribution in [0, 0.1) is 6.92 Å². The lowest BCUT2D eigenvalue weighted by atomic mass is 10.1. The summed E-state index contributed by atoms with van der Waals surface area (Å²) in [6.45, 7) is 9.11. The zero-order valence-electron chi connectivity index (χ0n) is 13.3. The number of pyridine rings is 1. The molecular weight excluding hydrogens is 264 g/mol. The minimum atomic E-state index is 0.271. The van der Waals surface area contributed by atoms with Crippen LogP contribution in [0.3, 0.4) is 0 Å². The molecule has 0 aliphatic rings. The van der Waals surface area contributed by atoms with Gasteiger partial charge in [-0.3, -0.25) is 0 Å². The lowest BCUT2D eigenvalue weighted by Gasteiger charge is -2.15. The molecule has 0 bridgehead atoms. The van der Waals surface area contributed by atoms with Crippen LogP contribution in [0.2, 0.25) is 0 Å². The maximum Gasteiger partial charge on any atom is 0.212 e. The van der Waals surface area contributed by atoms with E-state index >= 15 is 0 Å². The van der Waals surface area contributed by atoms with Crippen LogP contribution in [0.4, 0.5) is 5.82 Å². The summed E-state index contributed by atoms with van der Waals surface area (Å²) in [5.74, 6) is 2.60. The summed E-state index contributed by atoms with van der Waals surface area (Å²) in [5, 5.41) is 3.31.